The van der Waals surface area contributed by atoms with Crippen molar-refractivity contribution in [2.45, 2.75) is 31.7 Å². The summed E-state index contributed by atoms with van der Waals surface area (Å²) in [5.74, 6) is 0. The van der Waals surface area contributed by atoms with Gasteiger partial charge >= 0.3 is 6.03 Å². The summed E-state index contributed by atoms with van der Waals surface area (Å²) in [6.07, 6.45) is 7.38. The molecular weight excluding hydrogens is 252 g/mol. The molecule has 2 rings (SSSR count). The van der Waals surface area contributed by atoms with Crippen LogP contribution in [0.4, 0.5) is 4.79 Å². The van der Waals surface area contributed by atoms with Gasteiger partial charge in [-0.1, -0.05) is 30.3 Å². The first-order valence-electron chi connectivity index (χ1n) is 7.21. The van der Waals surface area contributed by atoms with Gasteiger partial charge in [0.2, 0.25) is 0 Å². The Balaban J connectivity index is 1.88. The molecule has 108 valence electrons. The Hall–Kier alpha value is -1.81. The Morgan fingerprint density at radius 1 is 1.35 bits per heavy atom. The summed E-state index contributed by atoms with van der Waals surface area (Å²) < 4.78 is 0. The number of likely N-dealkylation sites (tertiary alicyclic amines) is 1. The zero-order chi connectivity index (χ0) is 14.2. The molecule has 0 aliphatic carbocycles. The van der Waals surface area contributed by atoms with Gasteiger partial charge in [0.15, 0.2) is 0 Å². The van der Waals surface area contributed by atoms with Crippen LogP contribution in [0, 0.1) is 0 Å². The molecule has 1 fully saturated rings. The smallest absolute Gasteiger partial charge is 0.321 e. The van der Waals surface area contributed by atoms with E-state index in [9.17, 15) is 4.79 Å². The Morgan fingerprint density at radius 2 is 2.15 bits per heavy atom. The first-order valence-corrected chi connectivity index (χ1v) is 7.21. The van der Waals surface area contributed by atoms with E-state index in [1.165, 1.54) is 0 Å². The average molecular weight is 274 g/mol. The number of carbonyl (C=O) groups is 1. The summed E-state index contributed by atoms with van der Waals surface area (Å²) in [5, 5.41) is 11.9. The monoisotopic (exact) mass is 274 g/mol. The molecule has 1 heterocycles. The van der Waals surface area contributed by atoms with Crippen LogP contribution in [0.25, 0.3) is 6.08 Å². The van der Waals surface area contributed by atoms with Crippen molar-refractivity contribution in [3.05, 3.63) is 42.1 Å². The van der Waals surface area contributed by atoms with Gasteiger partial charge in [-0.25, -0.2) is 4.79 Å². The molecule has 0 radical (unpaired) electrons. The molecule has 0 aromatic heterocycles. The molecule has 2 amide bonds. The van der Waals surface area contributed by atoms with Crippen LogP contribution in [0.1, 0.15) is 31.2 Å². The number of amides is 2. The van der Waals surface area contributed by atoms with E-state index in [1.54, 1.807) is 6.20 Å². The summed E-state index contributed by atoms with van der Waals surface area (Å²) >= 11 is 0. The third kappa shape index (κ3) is 4.10. The highest BCUT2D eigenvalue weighted by molar-refractivity contribution is 5.76. The van der Waals surface area contributed by atoms with Crippen LogP contribution < -0.4 is 5.32 Å². The van der Waals surface area contributed by atoms with Crippen molar-refractivity contribution in [2.24, 2.45) is 0 Å². The van der Waals surface area contributed by atoms with Gasteiger partial charge < -0.3 is 15.3 Å². The topological polar surface area (TPSA) is 52.6 Å². The summed E-state index contributed by atoms with van der Waals surface area (Å²) in [6.45, 7) is 0.907. The maximum Gasteiger partial charge on any atom is 0.321 e. The van der Waals surface area contributed by atoms with Gasteiger partial charge in [-0.2, -0.15) is 0 Å². The van der Waals surface area contributed by atoms with Crippen LogP contribution in [-0.4, -0.2) is 35.2 Å². The molecule has 2 N–H and O–H groups in total. The fourth-order valence-corrected chi connectivity index (χ4v) is 2.57. The largest absolute Gasteiger partial charge is 0.396 e. The molecule has 20 heavy (non-hydrogen) atoms. The van der Waals surface area contributed by atoms with Crippen LogP contribution in [0.2, 0.25) is 0 Å². The molecular formula is C16H22N2O2. The van der Waals surface area contributed by atoms with E-state index < -0.39 is 0 Å². The van der Waals surface area contributed by atoms with E-state index in [4.69, 9.17) is 5.11 Å². The third-order valence-corrected chi connectivity index (χ3v) is 3.63. The standard InChI is InChI=1S/C16H22N2O2/c19-13-10-15-8-4-5-12-18(15)16(20)17-11-9-14-6-2-1-3-7-14/h1-3,6-7,9,11,15,19H,4-5,8,10,12-13H2,(H,17,20)/b11-9+. The van der Waals surface area contributed by atoms with Gasteiger partial charge in [-0.15, -0.1) is 0 Å². The second-order valence-electron chi connectivity index (χ2n) is 5.05. The van der Waals surface area contributed by atoms with Crippen molar-refractivity contribution in [3.8, 4) is 0 Å². The maximum atomic E-state index is 12.2. The minimum Gasteiger partial charge on any atom is -0.396 e. The average Bonchev–Trinajstić information content (AvgIpc) is 2.49. The van der Waals surface area contributed by atoms with Crippen molar-refractivity contribution in [2.75, 3.05) is 13.2 Å². The molecule has 4 heteroatoms. The molecule has 1 atom stereocenters. The van der Waals surface area contributed by atoms with Crippen molar-refractivity contribution in [1.82, 2.24) is 10.2 Å². The van der Waals surface area contributed by atoms with Crippen molar-refractivity contribution in [3.63, 3.8) is 0 Å². The van der Waals surface area contributed by atoms with E-state index in [-0.39, 0.29) is 18.7 Å². The minimum absolute atomic E-state index is 0.0738. The van der Waals surface area contributed by atoms with E-state index >= 15 is 0 Å². The number of nitrogens with zero attached hydrogens (tertiary/aromatic N) is 1. The minimum atomic E-state index is -0.0738. The van der Waals surface area contributed by atoms with E-state index in [1.807, 2.05) is 41.3 Å². The van der Waals surface area contributed by atoms with Gasteiger partial charge in [0.05, 0.1) is 0 Å². The molecule has 0 spiro atoms. The lowest BCUT2D eigenvalue weighted by Crippen LogP contribution is -2.47. The number of urea groups is 1. The lowest BCUT2D eigenvalue weighted by Gasteiger charge is -2.35. The van der Waals surface area contributed by atoms with Crippen LogP contribution in [0.15, 0.2) is 36.5 Å². The highest BCUT2D eigenvalue weighted by Gasteiger charge is 2.25. The predicted molar refractivity (Wildman–Crippen MR) is 80.1 cm³/mol. The molecule has 1 aliphatic rings. The summed E-state index contributed by atoms with van der Waals surface area (Å²) in [5.41, 5.74) is 1.05. The molecule has 1 saturated heterocycles. The maximum absolute atomic E-state index is 12.2. The zero-order valence-electron chi connectivity index (χ0n) is 11.7. The molecule has 1 unspecified atom stereocenters. The SMILES string of the molecule is O=C(N/C=C/c1ccccc1)N1CCCCC1CCO. The Kier molecular flexibility index (Phi) is 5.62. The first kappa shape index (κ1) is 14.6. The summed E-state index contributed by atoms with van der Waals surface area (Å²) in [6, 6.07) is 9.95. The van der Waals surface area contributed by atoms with Crippen LogP contribution in [0.3, 0.4) is 0 Å². The van der Waals surface area contributed by atoms with Crippen LogP contribution in [0.5, 0.6) is 0 Å². The molecule has 1 aromatic rings. The number of hydrogen-bond donors (Lipinski definition) is 2. The number of benzene rings is 1. The van der Waals surface area contributed by atoms with Crippen molar-refractivity contribution < 1.29 is 9.90 Å². The van der Waals surface area contributed by atoms with Gasteiger partial charge in [-0.05, 0) is 37.3 Å². The number of carbonyl (C=O) groups excluding carboxylic acids is 1. The van der Waals surface area contributed by atoms with E-state index in [2.05, 4.69) is 5.32 Å². The van der Waals surface area contributed by atoms with E-state index in [0.717, 1.165) is 31.4 Å². The quantitative estimate of drug-likeness (QED) is 0.886. The van der Waals surface area contributed by atoms with Crippen molar-refractivity contribution in [1.29, 1.82) is 0 Å². The Labute approximate surface area is 120 Å². The van der Waals surface area contributed by atoms with Gasteiger partial charge in [0.25, 0.3) is 0 Å². The Bertz CT molecular complexity index is 443. The summed E-state index contributed by atoms with van der Waals surface area (Å²) in [7, 11) is 0. The predicted octanol–water partition coefficient (Wildman–Crippen LogP) is 2.60. The number of aliphatic hydroxyl groups is 1. The number of nitrogens with one attached hydrogen (secondary N) is 1. The molecule has 0 bridgehead atoms. The zero-order valence-corrected chi connectivity index (χ0v) is 11.7. The van der Waals surface area contributed by atoms with E-state index in [0.29, 0.717) is 6.42 Å². The first-order chi connectivity index (χ1) is 9.81. The van der Waals surface area contributed by atoms with Gasteiger partial charge in [0.1, 0.15) is 0 Å². The van der Waals surface area contributed by atoms with Crippen LogP contribution >= 0.6 is 0 Å². The Morgan fingerprint density at radius 3 is 2.90 bits per heavy atom. The number of rotatable bonds is 4. The highest BCUT2D eigenvalue weighted by Crippen LogP contribution is 2.19. The molecule has 4 nitrogen and oxygen atoms in total. The highest BCUT2D eigenvalue weighted by atomic mass is 16.3. The number of aliphatic hydroxyl groups excluding tert-OH is 1. The second-order valence-corrected chi connectivity index (χ2v) is 5.05. The third-order valence-electron chi connectivity index (χ3n) is 3.63. The fourth-order valence-electron chi connectivity index (χ4n) is 2.57. The normalized spacial score (nSPS) is 19.2. The lowest BCUT2D eigenvalue weighted by molar-refractivity contribution is 0.134. The molecule has 0 saturated carbocycles. The van der Waals surface area contributed by atoms with Gasteiger partial charge in [0, 0.05) is 25.4 Å². The number of piperidine rings is 1. The summed E-state index contributed by atoms with van der Waals surface area (Å²) in [4.78, 5) is 14.0. The second kappa shape index (κ2) is 7.70. The molecule has 1 aliphatic heterocycles. The van der Waals surface area contributed by atoms with Gasteiger partial charge in [-0.3, -0.25) is 0 Å². The van der Waals surface area contributed by atoms with Crippen LogP contribution in [-0.2, 0) is 0 Å². The molecule has 1 aromatic carbocycles. The number of hydrogen-bond acceptors (Lipinski definition) is 2. The van der Waals surface area contributed by atoms with Crippen molar-refractivity contribution >= 4 is 12.1 Å². The fraction of sp³-hybridized carbons (Fsp3) is 0.438. The lowest BCUT2D eigenvalue weighted by atomic mass is 10.0.